The first kappa shape index (κ1) is 78.7. The maximum absolute atomic E-state index is 13.2. The minimum Gasteiger partial charge on any atom is -0.383 e. The van der Waals surface area contributed by atoms with E-state index in [-0.39, 0.29) is 111 Å². The van der Waals surface area contributed by atoms with Gasteiger partial charge in [-0.05, 0) is 149 Å². The number of hydrogen-bond donors (Lipinski definition) is 10. The van der Waals surface area contributed by atoms with Gasteiger partial charge in [0.1, 0.15) is 33.6 Å². The van der Waals surface area contributed by atoms with E-state index in [1.165, 1.54) is 25.6 Å². The van der Waals surface area contributed by atoms with Gasteiger partial charge in [0, 0.05) is 72.6 Å². The van der Waals surface area contributed by atoms with Crippen LogP contribution in [0.3, 0.4) is 0 Å². The fourth-order valence-electron chi connectivity index (χ4n) is 13.3. The molecule has 36 heteroatoms. The molecule has 4 fully saturated rings. The lowest BCUT2D eigenvalue weighted by molar-refractivity contribution is -0.137. The van der Waals surface area contributed by atoms with Gasteiger partial charge in [0.05, 0.1) is 77.6 Å². The minimum atomic E-state index is -4.63. The fraction of sp³-hybridized carbons (Fsp3) is 0.289. The average molecular weight is 1630 g/mol. The Labute approximate surface area is 660 Å². The van der Waals surface area contributed by atoms with Crippen LogP contribution >= 0.6 is 58.0 Å². The van der Waals surface area contributed by atoms with Gasteiger partial charge in [0.25, 0.3) is 34.1 Å². The molecular formula is C76H74Cl5F3N22O6. The number of nitrogens with zero attached hydrogens (tertiary/aromatic N) is 12. The summed E-state index contributed by atoms with van der Waals surface area (Å²) in [6, 6.07) is 28.5. The minimum absolute atomic E-state index is 0.0181. The molecule has 8 aromatic heterocycles. The van der Waals surface area contributed by atoms with Crippen LogP contribution in [0.25, 0.3) is 43.1 Å². The molecule has 0 saturated heterocycles. The zero-order chi connectivity index (χ0) is 80.0. The van der Waals surface area contributed by atoms with Crippen LogP contribution in [0.15, 0.2) is 141 Å². The summed E-state index contributed by atoms with van der Waals surface area (Å²) in [5, 5.41) is 22.3. The number of amides is 2. The highest BCUT2D eigenvalue weighted by Gasteiger charge is 2.37. The van der Waals surface area contributed by atoms with Crippen LogP contribution in [-0.2, 0) is 6.18 Å². The molecular weight excluding hydrogens is 1550 g/mol. The molecule has 0 radical (unpaired) electrons. The molecule has 12 aromatic rings. The number of benzene rings is 4. The van der Waals surface area contributed by atoms with Crippen molar-refractivity contribution in [2.45, 2.75) is 134 Å². The summed E-state index contributed by atoms with van der Waals surface area (Å²) in [5.74, 6) is -0.525. The van der Waals surface area contributed by atoms with Gasteiger partial charge in [-0.2, -0.15) is 33.1 Å². The maximum atomic E-state index is 13.2. The number of pyridine rings is 4. The molecule has 8 heterocycles. The molecule has 580 valence electrons. The highest BCUT2D eigenvalue weighted by Crippen LogP contribution is 2.43. The number of rotatable bonds is 18. The fourth-order valence-corrected chi connectivity index (χ4v) is 14.5. The lowest BCUT2D eigenvalue weighted by atomic mass is 10.1. The van der Waals surface area contributed by atoms with E-state index in [9.17, 15) is 41.9 Å². The molecule has 16 rings (SSSR count). The summed E-state index contributed by atoms with van der Waals surface area (Å²) in [6.07, 6.45) is 7.60. The van der Waals surface area contributed by atoms with Gasteiger partial charge in [-0.3, -0.25) is 28.8 Å². The molecule has 4 aromatic carbocycles. The number of nitrogens with two attached hydrogens (primary N) is 5. The first-order chi connectivity index (χ1) is 53.4. The number of halogens is 8. The predicted molar refractivity (Wildman–Crippen MR) is 432 cm³/mol. The Bertz CT molecular complexity index is 5990. The Morgan fingerprint density at radius 2 is 0.750 bits per heavy atom. The molecule has 4 atom stereocenters. The zero-order valence-electron chi connectivity index (χ0n) is 60.5. The first-order valence-corrected chi connectivity index (χ1v) is 37.4. The Balaban J connectivity index is 0.000000131. The van der Waals surface area contributed by atoms with Crippen molar-refractivity contribution in [3.8, 4) is 0 Å². The number of primary amides is 1. The van der Waals surface area contributed by atoms with Gasteiger partial charge in [0.15, 0.2) is 5.82 Å². The number of fused-ring (bicyclic) bond motifs is 4. The molecule has 15 N–H and O–H groups in total. The number of nitrogen functional groups attached to an aromatic ring is 4. The summed E-state index contributed by atoms with van der Waals surface area (Å²) in [5.41, 5.74) is 29.8. The smallest absolute Gasteiger partial charge is 0.383 e. The number of carbonyl (C=O) groups is 2. The molecule has 4 saturated carbocycles. The second kappa shape index (κ2) is 32.1. The normalized spacial score (nSPS) is 15.0. The summed E-state index contributed by atoms with van der Waals surface area (Å²) < 4.78 is 45.7. The number of nitrogens with one attached hydrogen (secondary N) is 5. The number of hydrogen-bond acceptors (Lipinski definition) is 22. The lowest BCUT2D eigenvalue weighted by Gasteiger charge is -2.22. The van der Waals surface area contributed by atoms with Crippen LogP contribution in [0.2, 0.25) is 25.1 Å². The number of aromatic nitrogens is 12. The van der Waals surface area contributed by atoms with Crippen molar-refractivity contribution in [2.75, 3.05) is 51.2 Å². The first-order valence-electron chi connectivity index (χ1n) is 35.5. The summed E-state index contributed by atoms with van der Waals surface area (Å²) in [7, 11) is 1.53. The Kier molecular flexibility index (Phi) is 22.6. The molecule has 0 unspecified atom stereocenters. The Morgan fingerprint density at radius 1 is 0.438 bits per heavy atom. The van der Waals surface area contributed by atoms with Gasteiger partial charge in [-0.1, -0.05) is 107 Å². The topological polar surface area (TPSA) is 416 Å². The molecule has 28 nitrogen and oxygen atoms in total. The summed E-state index contributed by atoms with van der Waals surface area (Å²) in [4.78, 5) is 108. The van der Waals surface area contributed by atoms with Crippen LogP contribution in [0, 0.1) is 0 Å². The Hall–Kier alpha value is -11.4. The zero-order valence-corrected chi connectivity index (χ0v) is 64.3. The van der Waals surface area contributed by atoms with E-state index in [1.54, 1.807) is 57.0 Å². The van der Waals surface area contributed by atoms with E-state index in [4.69, 9.17) is 86.7 Å². The van der Waals surface area contributed by atoms with Gasteiger partial charge in [-0.15, -0.1) is 0 Å². The standard InChI is InChI=1S/C20H21ClN6O2.C19H17ClF3N5O.C19H19ClN6O2.C18H17Cl2N5O/c1-10(25-17-13(18(28)23-2)9-24-20(22)26-17)15-8-11-4-3-5-14(21)16(11)19(29)27(15)12-6-7-12;1-9(26-18-25-8-12(16(24)27-18)19(21,22)23)14-7-10-3-2-4-13(20)15(10)17(29)28(14)11-5-6-11;1-9(24-17-12(16(21)27)8-23-19(22)25-17)14-7-10-3-2-4-13(20)15(10)18(28)26(14)11-5-6-11;1-9(23-16-13(20)8-22-18(21)24-16)14-7-10-3-2-4-12(19)15(10)17(26)25(14)11-5-6-11/h3-5,8-10,12H,6-7H2,1-2H3,(H,23,28)(H3,22,24,25,26);2-4,7-9,11H,5-6H2,1H3,(H3,24,25,26,27);2-4,7-9,11H,5-6H2,1H3,(H2,21,27)(H3,22,23,24,25);2-4,7-9,11H,5-6H2,1H3,(H3,21,22,23,24)/t10-;3*9-/m0000/s1. The highest BCUT2D eigenvalue weighted by molar-refractivity contribution is 6.37. The lowest BCUT2D eigenvalue weighted by Crippen LogP contribution is -2.27. The van der Waals surface area contributed by atoms with E-state index in [0.29, 0.717) is 75.6 Å². The van der Waals surface area contributed by atoms with Crippen molar-refractivity contribution in [1.29, 1.82) is 0 Å². The maximum Gasteiger partial charge on any atom is 0.421 e. The van der Waals surface area contributed by atoms with Crippen molar-refractivity contribution in [3.05, 3.63) is 228 Å². The number of alkyl halides is 3. The monoisotopic (exact) mass is 1620 g/mol. The van der Waals surface area contributed by atoms with Gasteiger partial charge in [0.2, 0.25) is 23.8 Å². The molecule has 2 amide bonds. The highest BCUT2D eigenvalue weighted by atomic mass is 35.5. The molecule has 112 heavy (non-hydrogen) atoms. The number of carbonyl (C=O) groups excluding carboxylic acids is 2. The quantitative estimate of drug-likeness (QED) is 0.0381. The molecule has 0 aliphatic heterocycles. The molecule has 4 aliphatic rings. The predicted octanol–water partition coefficient (Wildman–Crippen LogP) is 14.3. The van der Waals surface area contributed by atoms with Crippen LogP contribution in [0.5, 0.6) is 0 Å². The van der Waals surface area contributed by atoms with E-state index >= 15 is 0 Å². The molecule has 4 aliphatic carbocycles. The SMILES string of the molecule is CNC(=O)c1cnc(N)nc1N[C@@H](C)c1cc2cccc(Cl)c2c(=O)n1C1CC1.C[C@H](Nc1nc(N)ncc1C(N)=O)c1cc2cccc(Cl)c2c(=O)n1C1CC1.C[C@H](Nc1nc(N)ncc1Cl)c1cc2cccc(Cl)c2c(=O)n1C1CC1.C[C@H](Nc1ncc(C(F)(F)F)c(N)n1)c1cc2cccc(Cl)c2c(=O)n1C1CC1. The third-order valence-electron chi connectivity index (χ3n) is 19.3. The van der Waals surface area contributed by atoms with Crippen LogP contribution in [-0.4, -0.2) is 77.0 Å². The van der Waals surface area contributed by atoms with E-state index in [1.807, 2.05) is 86.0 Å². The number of anilines is 8. The molecule has 0 spiro atoms. The van der Waals surface area contributed by atoms with E-state index in [0.717, 1.165) is 84.6 Å². The van der Waals surface area contributed by atoms with E-state index in [2.05, 4.69) is 66.5 Å². The van der Waals surface area contributed by atoms with Crippen LogP contribution in [0.4, 0.5) is 60.2 Å². The van der Waals surface area contributed by atoms with Crippen molar-refractivity contribution < 1.29 is 22.8 Å². The summed E-state index contributed by atoms with van der Waals surface area (Å²) >= 11 is 31.3. The van der Waals surface area contributed by atoms with Crippen molar-refractivity contribution in [2.24, 2.45) is 5.73 Å². The van der Waals surface area contributed by atoms with Gasteiger partial charge >= 0.3 is 6.18 Å². The van der Waals surface area contributed by atoms with Crippen molar-refractivity contribution in [3.63, 3.8) is 0 Å². The van der Waals surface area contributed by atoms with Gasteiger partial charge < -0.3 is 73.5 Å². The average Bonchev–Trinajstić information content (AvgIpc) is 1.41. The largest absolute Gasteiger partial charge is 0.421 e. The molecule has 0 bridgehead atoms. The van der Waals surface area contributed by atoms with Gasteiger partial charge in [-0.25, -0.2) is 19.9 Å². The summed E-state index contributed by atoms with van der Waals surface area (Å²) in [6.45, 7) is 7.53. The third-order valence-corrected chi connectivity index (χ3v) is 20.8. The third kappa shape index (κ3) is 16.8. The second-order valence-corrected chi connectivity index (χ2v) is 29.6. The van der Waals surface area contributed by atoms with E-state index < -0.39 is 29.5 Å². The Morgan fingerprint density at radius 3 is 1.07 bits per heavy atom. The van der Waals surface area contributed by atoms with Crippen molar-refractivity contribution >= 4 is 160 Å². The van der Waals surface area contributed by atoms with Crippen LogP contribution in [0.1, 0.15) is 176 Å². The van der Waals surface area contributed by atoms with Crippen LogP contribution < -0.4 is 77.5 Å². The van der Waals surface area contributed by atoms with Crippen molar-refractivity contribution in [1.82, 2.24) is 63.5 Å². The second-order valence-electron chi connectivity index (χ2n) is 27.5.